The van der Waals surface area contributed by atoms with Crippen LogP contribution >= 0.6 is 11.6 Å². The molecular weight excluding hydrogens is 271 g/mol. The summed E-state index contributed by atoms with van der Waals surface area (Å²) in [5.41, 5.74) is 0.483. The maximum atomic E-state index is 12.9. The number of carbonyl (C=O) groups excluding carboxylic acids is 1. The number of hydrogen-bond acceptors (Lipinski definition) is 2. The van der Waals surface area contributed by atoms with Crippen molar-refractivity contribution in [3.63, 3.8) is 0 Å². The van der Waals surface area contributed by atoms with E-state index in [1.807, 2.05) is 0 Å². The number of pyridine rings is 1. The van der Waals surface area contributed by atoms with Crippen molar-refractivity contribution in [1.29, 1.82) is 0 Å². The molecule has 19 heavy (non-hydrogen) atoms. The van der Waals surface area contributed by atoms with E-state index in [0.29, 0.717) is 5.56 Å². The number of aromatic nitrogens is 1. The molecule has 2 rings (SSSR count). The van der Waals surface area contributed by atoms with Crippen molar-refractivity contribution in [2.45, 2.75) is 6.54 Å². The van der Waals surface area contributed by atoms with Gasteiger partial charge in [-0.25, -0.2) is 4.39 Å². The molecule has 0 aliphatic rings. The smallest absolute Gasteiger partial charge is 0.268 e. The Morgan fingerprint density at radius 1 is 1.32 bits per heavy atom. The van der Waals surface area contributed by atoms with Crippen LogP contribution in [0.5, 0.6) is 0 Å². The molecule has 0 aliphatic carbocycles. The Morgan fingerprint density at radius 2 is 2.11 bits per heavy atom. The average molecular weight is 281 g/mol. The molecule has 0 saturated heterocycles. The maximum absolute atomic E-state index is 12.9. The zero-order chi connectivity index (χ0) is 13.8. The van der Waals surface area contributed by atoms with Crippen LogP contribution in [0.1, 0.15) is 16.1 Å². The van der Waals surface area contributed by atoms with E-state index in [2.05, 4.69) is 10.3 Å². The van der Waals surface area contributed by atoms with E-state index in [4.69, 9.17) is 11.6 Å². The van der Waals surface area contributed by atoms with Crippen molar-refractivity contribution in [1.82, 2.24) is 10.3 Å². The first-order valence-electron chi connectivity index (χ1n) is 5.48. The monoisotopic (exact) mass is 280 g/mol. The van der Waals surface area contributed by atoms with Gasteiger partial charge in [0.05, 0.1) is 5.02 Å². The number of hydrogen-bond donors (Lipinski definition) is 2. The van der Waals surface area contributed by atoms with E-state index < -0.39 is 11.7 Å². The SMILES string of the molecule is O=C(NCc1ccc(F)c(Cl)c1)c1cccc(=O)[nH]1. The molecule has 1 amide bonds. The molecule has 0 spiro atoms. The maximum Gasteiger partial charge on any atom is 0.268 e. The molecule has 0 radical (unpaired) electrons. The Bertz CT molecular complexity index is 670. The average Bonchev–Trinajstić information content (AvgIpc) is 2.40. The number of halogens is 2. The van der Waals surface area contributed by atoms with Gasteiger partial charge < -0.3 is 10.3 Å². The van der Waals surface area contributed by atoms with Crippen LogP contribution in [0.15, 0.2) is 41.2 Å². The Labute approximate surface area is 113 Å². The molecule has 0 fully saturated rings. The summed E-state index contributed by atoms with van der Waals surface area (Å²) in [6, 6.07) is 8.49. The quantitative estimate of drug-likeness (QED) is 0.904. The van der Waals surface area contributed by atoms with E-state index in [1.54, 1.807) is 0 Å². The number of benzene rings is 1. The molecule has 0 bridgehead atoms. The second kappa shape index (κ2) is 5.67. The van der Waals surface area contributed by atoms with E-state index in [1.165, 1.54) is 36.4 Å². The van der Waals surface area contributed by atoms with E-state index >= 15 is 0 Å². The van der Waals surface area contributed by atoms with Crippen molar-refractivity contribution in [3.05, 3.63) is 68.8 Å². The minimum atomic E-state index is -0.510. The third kappa shape index (κ3) is 3.42. The molecule has 2 aromatic rings. The fourth-order valence-corrected chi connectivity index (χ4v) is 1.71. The molecule has 1 aromatic carbocycles. The van der Waals surface area contributed by atoms with Gasteiger partial charge in [-0.3, -0.25) is 9.59 Å². The summed E-state index contributed by atoms with van der Waals surface area (Å²) in [5, 5.41) is 2.60. The summed E-state index contributed by atoms with van der Waals surface area (Å²) in [7, 11) is 0. The lowest BCUT2D eigenvalue weighted by atomic mass is 10.2. The summed E-state index contributed by atoms with van der Waals surface area (Å²) in [5.74, 6) is -0.928. The van der Waals surface area contributed by atoms with Gasteiger partial charge in [0.1, 0.15) is 11.5 Å². The van der Waals surface area contributed by atoms with Gasteiger partial charge in [-0.1, -0.05) is 23.7 Å². The highest BCUT2D eigenvalue weighted by atomic mass is 35.5. The highest BCUT2D eigenvalue weighted by Crippen LogP contribution is 2.15. The summed E-state index contributed by atoms with van der Waals surface area (Å²) in [6.07, 6.45) is 0. The Balaban J connectivity index is 2.04. The van der Waals surface area contributed by atoms with Crippen molar-refractivity contribution < 1.29 is 9.18 Å². The number of H-pyrrole nitrogens is 1. The fourth-order valence-electron chi connectivity index (χ4n) is 1.51. The third-order valence-corrected chi connectivity index (χ3v) is 2.74. The van der Waals surface area contributed by atoms with Gasteiger partial charge in [0.2, 0.25) is 5.56 Å². The molecule has 1 aromatic heterocycles. The van der Waals surface area contributed by atoms with Crippen LogP contribution in [0.2, 0.25) is 5.02 Å². The Kier molecular flexibility index (Phi) is 3.97. The molecule has 0 saturated carbocycles. The molecular formula is C13H10ClFN2O2. The zero-order valence-electron chi connectivity index (χ0n) is 9.74. The Morgan fingerprint density at radius 3 is 2.79 bits per heavy atom. The van der Waals surface area contributed by atoms with Crippen LogP contribution in [0.4, 0.5) is 4.39 Å². The van der Waals surface area contributed by atoms with Gasteiger partial charge in [0.25, 0.3) is 5.91 Å². The molecule has 0 aliphatic heterocycles. The normalized spacial score (nSPS) is 10.2. The molecule has 6 heteroatoms. The highest BCUT2D eigenvalue weighted by molar-refractivity contribution is 6.30. The van der Waals surface area contributed by atoms with Crippen LogP contribution < -0.4 is 10.9 Å². The van der Waals surface area contributed by atoms with E-state index in [9.17, 15) is 14.0 Å². The van der Waals surface area contributed by atoms with Crippen LogP contribution in [0, 0.1) is 5.82 Å². The summed E-state index contributed by atoms with van der Waals surface area (Å²) in [6.45, 7) is 0.190. The van der Waals surface area contributed by atoms with Crippen molar-refractivity contribution >= 4 is 17.5 Å². The molecule has 2 N–H and O–H groups in total. The topological polar surface area (TPSA) is 62.0 Å². The second-order valence-corrected chi connectivity index (χ2v) is 4.27. The van der Waals surface area contributed by atoms with Gasteiger partial charge in [0.15, 0.2) is 0 Å². The second-order valence-electron chi connectivity index (χ2n) is 3.86. The van der Waals surface area contributed by atoms with Crippen LogP contribution in [0.25, 0.3) is 0 Å². The lowest BCUT2D eigenvalue weighted by Gasteiger charge is -2.05. The highest BCUT2D eigenvalue weighted by Gasteiger charge is 2.06. The predicted molar refractivity (Wildman–Crippen MR) is 69.6 cm³/mol. The number of carbonyl (C=O) groups is 1. The lowest BCUT2D eigenvalue weighted by Crippen LogP contribution is -2.25. The number of rotatable bonds is 3. The van der Waals surface area contributed by atoms with Gasteiger partial charge in [-0.2, -0.15) is 0 Å². The first-order valence-corrected chi connectivity index (χ1v) is 5.85. The van der Waals surface area contributed by atoms with Gasteiger partial charge in [-0.15, -0.1) is 0 Å². The van der Waals surface area contributed by atoms with Gasteiger partial charge >= 0.3 is 0 Å². The largest absolute Gasteiger partial charge is 0.347 e. The fraction of sp³-hybridized carbons (Fsp3) is 0.0769. The van der Waals surface area contributed by atoms with Crippen molar-refractivity contribution in [2.75, 3.05) is 0 Å². The number of nitrogens with one attached hydrogen (secondary N) is 2. The summed E-state index contributed by atoms with van der Waals surface area (Å²) >= 11 is 5.63. The summed E-state index contributed by atoms with van der Waals surface area (Å²) in [4.78, 5) is 25.2. The van der Waals surface area contributed by atoms with Crippen molar-refractivity contribution in [2.24, 2.45) is 0 Å². The molecule has 98 valence electrons. The van der Waals surface area contributed by atoms with E-state index in [-0.39, 0.29) is 22.8 Å². The minimum absolute atomic E-state index is 0.000123. The lowest BCUT2D eigenvalue weighted by molar-refractivity contribution is 0.0945. The van der Waals surface area contributed by atoms with E-state index in [0.717, 1.165) is 0 Å². The van der Waals surface area contributed by atoms with Crippen molar-refractivity contribution in [3.8, 4) is 0 Å². The van der Waals surface area contributed by atoms with Crippen LogP contribution in [-0.2, 0) is 6.54 Å². The van der Waals surface area contributed by atoms with Gasteiger partial charge in [-0.05, 0) is 23.8 Å². The molecule has 1 heterocycles. The molecule has 0 atom stereocenters. The minimum Gasteiger partial charge on any atom is -0.347 e. The number of amides is 1. The first-order chi connectivity index (χ1) is 9.06. The molecule has 0 unspecified atom stereocenters. The molecule has 4 nitrogen and oxygen atoms in total. The first kappa shape index (κ1) is 13.3. The number of aromatic amines is 1. The van der Waals surface area contributed by atoms with Gasteiger partial charge in [0, 0.05) is 12.6 Å². The third-order valence-electron chi connectivity index (χ3n) is 2.45. The Hall–Kier alpha value is -2.14. The standard InChI is InChI=1S/C13H10ClFN2O2/c14-9-6-8(4-5-10(9)15)7-16-13(19)11-2-1-3-12(18)17-11/h1-6H,7H2,(H,16,19)(H,17,18). The summed E-state index contributed by atoms with van der Waals surface area (Å²) < 4.78 is 12.9. The zero-order valence-corrected chi connectivity index (χ0v) is 10.5. The van der Waals surface area contributed by atoms with Crippen LogP contribution in [0.3, 0.4) is 0 Å². The predicted octanol–water partition coefficient (Wildman–Crippen LogP) is 2.10. The van der Waals surface area contributed by atoms with Crippen LogP contribution in [-0.4, -0.2) is 10.9 Å².